The molecule has 0 fully saturated rings. The van der Waals surface area contributed by atoms with E-state index in [4.69, 9.17) is 5.73 Å². The van der Waals surface area contributed by atoms with Crippen LogP contribution < -0.4 is 16.4 Å². The van der Waals surface area contributed by atoms with Gasteiger partial charge in [-0.2, -0.15) is 0 Å². The van der Waals surface area contributed by atoms with Crippen molar-refractivity contribution in [2.75, 3.05) is 18.9 Å². The number of urea groups is 1. The molecule has 4 N–H and O–H groups in total. The lowest BCUT2D eigenvalue weighted by molar-refractivity contribution is -0.135. The summed E-state index contributed by atoms with van der Waals surface area (Å²) in [5.41, 5.74) is 6.04. The average molecular weight is 321 g/mol. The molecule has 23 heavy (non-hydrogen) atoms. The third kappa shape index (κ3) is 6.33. The molecule has 8 heteroatoms. The van der Waals surface area contributed by atoms with Crippen LogP contribution in [0.5, 0.6) is 0 Å². The van der Waals surface area contributed by atoms with Crippen molar-refractivity contribution in [1.82, 2.24) is 15.2 Å². The lowest BCUT2D eigenvalue weighted by Gasteiger charge is -2.23. The second kappa shape index (κ2) is 8.72. The van der Waals surface area contributed by atoms with Crippen LogP contribution in [0.3, 0.4) is 0 Å². The number of primary amides is 1. The van der Waals surface area contributed by atoms with Crippen LogP contribution in [0, 0.1) is 6.92 Å². The Balaban J connectivity index is 2.61. The molecule has 0 aliphatic rings. The molecule has 0 saturated heterocycles. The number of carbonyl (C=O) groups excluding carboxylic acids is 3. The first-order chi connectivity index (χ1) is 10.8. The van der Waals surface area contributed by atoms with Crippen LogP contribution >= 0.6 is 0 Å². The predicted molar refractivity (Wildman–Crippen MR) is 86.7 cm³/mol. The first-order valence-corrected chi connectivity index (χ1v) is 7.37. The largest absolute Gasteiger partial charge is 0.352 e. The molecular formula is C15H23N5O3. The fourth-order valence-electron chi connectivity index (χ4n) is 2.06. The maximum atomic E-state index is 12.3. The molecule has 1 heterocycles. The van der Waals surface area contributed by atoms with Gasteiger partial charge in [-0.15, -0.1) is 0 Å². The van der Waals surface area contributed by atoms with Gasteiger partial charge in [0.1, 0.15) is 11.9 Å². The number of aromatic nitrogens is 1. The minimum Gasteiger partial charge on any atom is -0.352 e. The van der Waals surface area contributed by atoms with Crippen LogP contribution in [0.1, 0.15) is 25.3 Å². The molecule has 0 radical (unpaired) electrons. The summed E-state index contributed by atoms with van der Waals surface area (Å²) < 4.78 is 0. The van der Waals surface area contributed by atoms with E-state index in [9.17, 15) is 14.4 Å². The zero-order chi connectivity index (χ0) is 17.4. The highest BCUT2D eigenvalue weighted by Gasteiger charge is 2.23. The fourth-order valence-corrected chi connectivity index (χ4v) is 2.06. The number of rotatable bonds is 7. The molecule has 0 saturated carbocycles. The number of nitrogens with two attached hydrogens (primary N) is 1. The molecule has 8 nitrogen and oxygen atoms in total. The highest BCUT2D eigenvalue weighted by Crippen LogP contribution is 2.06. The molecule has 0 aromatic carbocycles. The van der Waals surface area contributed by atoms with Crippen molar-refractivity contribution in [2.24, 2.45) is 5.73 Å². The van der Waals surface area contributed by atoms with Crippen molar-refractivity contribution < 1.29 is 14.4 Å². The van der Waals surface area contributed by atoms with Crippen molar-refractivity contribution in [2.45, 2.75) is 32.7 Å². The summed E-state index contributed by atoms with van der Waals surface area (Å²) in [6.45, 7) is 3.63. The minimum absolute atomic E-state index is 0.144. The summed E-state index contributed by atoms with van der Waals surface area (Å²) in [4.78, 5) is 40.5. The summed E-state index contributed by atoms with van der Waals surface area (Å²) in [5.74, 6) is -0.303. The van der Waals surface area contributed by atoms with Crippen molar-refractivity contribution >= 4 is 23.7 Å². The lowest BCUT2D eigenvalue weighted by Crippen LogP contribution is -2.50. The number of hydrogen-bond acceptors (Lipinski definition) is 4. The van der Waals surface area contributed by atoms with E-state index in [0.29, 0.717) is 18.7 Å². The van der Waals surface area contributed by atoms with Gasteiger partial charge in [0.25, 0.3) is 0 Å². The topological polar surface area (TPSA) is 117 Å². The van der Waals surface area contributed by atoms with Crippen LogP contribution in [0.4, 0.5) is 10.6 Å². The maximum Gasteiger partial charge on any atom is 0.312 e. The van der Waals surface area contributed by atoms with Gasteiger partial charge >= 0.3 is 6.03 Å². The van der Waals surface area contributed by atoms with Crippen molar-refractivity contribution in [3.05, 3.63) is 23.9 Å². The van der Waals surface area contributed by atoms with Gasteiger partial charge in [-0.1, -0.05) is 13.3 Å². The lowest BCUT2D eigenvalue weighted by atomic mass is 10.1. The average Bonchev–Trinajstić information content (AvgIpc) is 2.45. The number of nitrogens with one attached hydrogen (secondary N) is 2. The summed E-state index contributed by atoms with van der Waals surface area (Å²) in [5, 5.41) is 5.02. The van der Waals surface area contributed by atoms with E-state index in [1.54, 1.807) is 12.3 Å². The Bertz CT molecular complexity index is 576. The Morgan fingerprint density at radius 2 is 2.09 bits per heavy atom. The monoisotopic (exact) mass is 321 g/mol. The second-order valence-corrected chi connectivity index (χ2v) is 5.31. The summed E-state index contributed by atoms with van der Waals surface area (Å²) in [6, 6.07) is 2.05. The smallest absolute Gasteiger partial charge is 0.312 e. The number of nitrogens with zero attached hydrogens (tertiary/aromatic N) is 2. The third-order valence-electron chi connectivity index (χ3n) is 3.13. The van der Waals surface area contributed by atoms with Gasteiger partial charge in [-0.3, -0.25) is 9.59 Å². The number of aryl methyl sites for hydroxylation is 1. The quantitative estimate of drug-likeness (QED) is 0.682. The number of anilines is 1. The maximum absolute atomic E-state index is 12.3. The summed E-state index contributed by atoms with van der Waals surface area (Å²) in [7, 11) is 1.50. The van der Waals surface area contributed by atoms with Crippen LogP contribution in [-0.2, 0) is 9.59 Å². The van der Waals surface area contributed by atoms with Crippen LogP contribution in [0.15, 0.2) is 18.3 Å². The van der Waals surface area contributed by atoms with E-state index in [2.05, 4.69) is 15.6 Å². The number of pyridine rings is 1. The van der Waals surface area contributed by atoms with Gasteiger partial charge in [-0.05, 0) is 31.0 Å². The molecular weight excluding hydrogens is 298 g/mol. The molecule has 0 bridgehead atoms. The molecule has 1 rings (SSSR count). The van der Waals surface area contributed by atoms with Gasteiger partial charge in [0.2, 0.25) is 11.8 Å². The Hall–Kier alpha value is -2.64. The van der Waals surface area contributed by atoms with E-state index < -0.39 is 12.1 Å². The molecule has 4 amide bonds. The van der Waals surface area contributed by atoms with E-state index >= 15 is 0 Å². The molecule has 0 unspecified atom stereocenters. The Morgan fingerprint density at radius 3 is 2.65 bits per heavy atom. The summed E-state index contributed by atoms with van der Waals surface area (Å²) >= 11 is 0. The number of hydrogen-bond donors (Lipinski definition) is 3. The number of amides is 4. The van der Waals surface area contributed by atoms with Crippen LogP contribution in [0.25, 0.3) is 0 Å². The Labute approximate surface area is 135 Å². The molecule has 1 aromatic rings. The standard InChI is InChI=1S/C15H23N5O3/c1-4-5-11(18-15(16)23)14(22)20(3)9-13(21)19-12-8-10(2)6-7-17-12/h6-8,11H,4-5,9H2,1-3H3,(H3,16,18,23)(H,17,19,21)/t11-/m0/s1. The molecule has 1 aromatic heterocycles. The fraction of sp³-hybridized carbons (Fsp3) is 0.467. The first kappa shape index (κ1) is 18.4. The molecule has 0 spiro atoms. The molecule has 126 valence electrons. The Kier molecular flexibility index (Phi) is 6.98. The van der Waals surface area contributed by atoms with E-state index in [1.165, 1.54) is 11.9 Å². The van der Waals surface area contributed by atoms with Gasteiger partial charge in [-0.25, -0.2) is 9.78 Å². The van der Waals surface area contributed by atoms with E-state index in [0.717, 1.165) is 5.56 Å². The highest BCUT2D eigenvalue weighted by molar-refractivity contribution is 5.95. The van der Waals surface area contributed by atoms with Gasteiger partial charge < -0.3 is 21.3 Å². The van der Waals surface area contributed by atoms with Gasteiger partial charge in [0, 0.05) is 13.2 Å². The number of likely N-dealkylation sites (N-methyl/N-ethyl adjacent to an activating group) is 1. The summed E-state index contributed by atoms with van der Waals surface area (Å²) in [6.07, 6.45) is 2.74. The minimum atomic E-state index is -0.765. The molecule has 0 aliphatic carbocycles. The zero-order valence-electron chi connectivity index (χ0n) is 13.6. The normalized spacial score (nSPS) is 11.4. The highest BCUT2D eigenvalue weighted by atomic mass is 16.2. The van der Waals surface area contributed by atoms with Crippen LogP contribution in [0.2, 0.25) is 0 Å². The third-order valence-corrected chi connectivity index (χ3v) is 3.13. The Morgan fingerprint density at radius 1 is 1.39 bits per heavy atom. The van der Waals surface area contributed by atoms with Crippen molar-refractivity contribution in [3.63, 3.8) is 0 Å². The van der Waals surface area contributed by atoms with Gasteiger partial charge in [0.05, 0.1) is 6.54 Å². The van der Waals surface area contributed by atoms with Crippen LogP contribution in [-0.4, -0.2) is 47.4 Å². The second-order valence-electron chi connectivity index (χ2n) is 5.31. The van der Waals surface area contributed by atoms with E-state index in [-0.39, 0.29) is 18.4 Å². The van der Waals surface area contributed by atoms with E-state index in [1.807, 2.05) is 19.9 Å². The number of carbonyl (C=O) groups is 3. The predicted octanol–water partition coefficient (Wildman–Crippen LogP) is 0.624. The van der Waals surface area contributed by atoms with Crippen molar-refractivity contribution in [3.8, 4) is 0 Å². The SMILES string of the molecule is CCC[C@H](NC(N)=O)C(=O)N(C)CC(=O)Nc1cc(C)ccn1. The molecule has 1 atom stereocenters. The van der Waals surface area contributed by atoms with Gasteiger partial charge in [0.15, 0.2) is 0 Å². The van der Waals surface area contributed by atoms with Crippen molar-refractivity contribution in [1.29, 1.82) is 0 Å². The zero-order valence-corrected chi connectivity index (χ0v) is 13.6. The first-order valence-electron chi connectivity index (χ1n) is 7.37. The molecule has 0 aliphatic heterocycles.